The highest BCUT2D eigenvalue weighted by molar-refractivity contribution is 6.42. The van der Waals surface area contributed by atoms with Crippen molar-refractivity contribution in [2.75, 3.05) is 13.2 Å². The molecule has 0 fully saturated rings. The number of carbonyl (C=O) groups excluding carboxylic acids is 1. The van der Waals surface area contributed by atoms with E-state index < -0.39 is 18.4 Å². The zero-order chi connectivity index (χ0) is 12.8. The molecule has 2 N–H and O–H groups in total. The van der Waals surface area contributed by atoms with Crippen LogP contribution < -0.4 is 10.1 Å². The van der Waals surface area contributed by atoms with Gasteiger partial charge < -0.3 is 15.2 Å². The number of carboxylic acids is 1. The molecule has 7 heteroatoms. The SMILES string of the molecule is O=C(O)CNC(=O)COc1ccc(Cl)c(Cl)c1. The van der Waals surface area contributed by atoms with Crippen molar-refractivity contribution in [2.24, 2.45) is 0 Å². The summed E-state index contributed by atoms with van der Waals surface area (Å²) in [6.07, 6.45) is 0. The maximum Gasteiger partial charge on any atom is 0.322 e. The van der Waals surface area contributed by atoms with Gasteiger partial charge in [-0.25, -0.2) is 0 Å². The average molecular weight is 278 g/mol. The van der Waals surface area contributed by atoms with E-state index in [0.29, 0.717) is 15.8 Å². The second-order valence-corrected chi connectivity index (χ2v) is 3.85. The molecule has 5 nitrogen and oxygen atoms in total. The van der Waals surface area contributed by atoms with E-state index in [-0.39, 0.29) is 6.61 Å². The van der Waals surface area contributed by atoms with E-state index in [9.17, 15) is 9.59 Å². The number of aliphatic carboxylic acids is 1. The Morgan fingerprint density at radius 1 is 1.29 bits per heavy atom. The van der Waals surface area contributed by atoms with E-state index in [0.717, 1.165) is 0 Å². The predicted molar refractivity (Wildman–Crippen MR) is 62.6 cm³/mol. The van der Waals surface area contributed by atoms with Crippen LogP contribution in [0.1, 0.15) is 0 Å². The first-order chi connectivity index (χ1) is 7.99. The molecule has 1 amide bonds. The van der Waals surface area contributed by atoms with Crippen LogP contribution in [0.25, 0.3) is 0 Å². The number of benzene rings is 1. The van der Waals surface area contributed by atoms with Crippen LogP contribution in [0.2, 0.25) is 10.0 Å². The van der Waals surface area contributed by atoms with Crippen LogP contribution in [0.4, 0.5) is 0 Å². The number of hydrogen-bond donors (Lipinski definition) is 2. The number of halogens is 2. The van der Waals surface area contributed by atoms with Gasteiger partial charge in [-0.05, 0) is 12.1 Å². The summed E-state index contributed by atoms with van der Waals surface area (Å²) < 4.78 is 5.09. The lowest BCUT2D eigenvalue weighted by Crippen LogP contribution is -2.33. The van der Waals surface area contributed by atoms with E-state index >= 15 is 0 Å². The summed E-state index contributed by atoms with van der Waals surface area (Å²) in [5, 5.41) is 11.2. The van der Waals surface area contributed by atoms with Crippen LogP contribution in [0.15, 0.2) is 18.2 Å². The van der Waals surface area contributed by atoms with Gasteiger partial charge in [0.25, 0.3) is 5.91 Å². The minimum atomic E-state index is -1.12. The Hall–Kier alpha value is -1.46. The molecule has 1 aromatic carbocycles. The second kappa shape index (κ2) is 6.32. The third-order valence-corrected chi connectivity index (χ3v) is 2.44. The highest BCUT2D eigenvalue weighted by Gasteiger charge is 2.06. The minimum absolute atomic E-state index is 0.286. The highest BCUT2D eigenvalue weighted by atomic mass is 35.5. The van der Waals surface area contributed by atoms with Crippen molar-refractivity contribution in [3.05, 3.63) is 28.2 Å². The molecule has 0 saturated heterocycles. The number of carbonyl (C=O) groups is 2. The lowest BCUT2D eigenvalue weighted by molar-refractivity contribution is -0.138. The van der Waals surface area contributed by atoms with Crippen LogP contribution in [-0.2, 0) is 9.59 Å². The van der Waals surface area contributed by atoms with Crippen LogP contribution in [0, 0.1) is 0 Å². The maximum atomic E-state index is 11.1. The first-order valence-electron chi connectivity index (χ1n) is 4.55. The van der Waals surface area contributed by atoms with Gasteiger partial charge in [0.05, 0.1) is 10.0 Å². The zero-order valence-corrected chi connectivity index (χ0v) is 10.1. The van der Waals surface area contributed by atoms with E-state index in [1.807, 2.05) is 0 Å². The quantitative estimate of drug-likeness (QED) is 0.857. The topological polar surface area (TPSA) is 75.6 Å². The van der Waals surface area contributed by atoms with Gasteiger partial charge in [0, 0.05) is 6.07 Å². The Bertz CT molecular complexity index is 436. The largest absolute Gasteiger partial charge is 0.484 e. The molecule has 0 heterocycles. The molecule has 0 spiro atoms. The lowest BCUT2D eigenvalue weighted by atomic mass is 10.3. The van der Waals surface area contributed by atoms with Crippen LogP contribution in [-0.4, -0.2) is 30.1 Å². The summed E-state index contributed by atoms with van der Waals surface area (Å²) in [7, 11) is 0. The fourth-order valence-corrected chi connectivity index (χ4v) is 1.23. The summed E-state index contributed by atoms with van der Waals surface area (Å²) in [5.41, 5.74) is 0. The Kier molecular flexibility index (Phi) is 5.06. The van der Waals surface area contributed by atoms with Crippen LogP contribution in [0.3, 0.4) is 0 Å². The Balaban J connectivity index is 2.42. The molecule has 0 aliphatic heterocycles. The monoisotopic (exact) mass is 277 g/mol. The Morgan fingerprint density at radius 3 is 2.59 bits per heavy atom. The second-order valence-electron chi connectivity index (χ2n) is 3.04. The molecule has 0 bridgehead atoms. The van der Waals surface area contributed by atoms with Crippen LogP contribution in [0.5, 0.6) is 5.75 Å². The van der Waals surface area contributed by atoms with E-state index in [4.69, 9.17) is 33.0 Å². The molecular weight excluding hydrogens is 269 g/mol. The van der Waals surface area contributed by atoms with E-state index in [2.05, 4.69) is 5.32 Å². The molecule has 0 radical (unpaired) electrons. The molecule has 1 aromatic rings. The molecule has 92 valence electrons. The summed E-state index contributed by atoms with van der Waals surface area (Å²) in [5.74, 6) is -1.27. The molecule has 0 aromatic heterocycles. The number of carboxylic acid groups (broad SMARTS) is 1. The summed E-state index contributed by atoms with van der Waals surface area (Å²) in [6, 6.07) is 4.56. The number of amides is 1. The molecule has 0 aliphatic rings. The van der Waals surface area contributed by atoms with Gasteiger partial charge in [0.2, 0.25) is 0 Å². The van der Waals surface area contributed by atoms with Crippen molar-refractivity contribution in [1.82, 2.24) is 5.32 Å². The first kappa shape index (κ1) is 13.6. The fourth-order valence-electron chi connectivity index (χ4n) is 0.941. The normalized spacial score (nSPS) is 9.76. The van der Waals surface area contributed by atoms with Gasteiger partial charge in [-0.3, -0.25) is 9.59 Å². The number of ether oxygens (including phenoxy) is 1. The van der Waals surface area contributed by atoms with Gasteiger partial charge in [-0.15, -0.1) is 0 Å². The average Bonchev–Trinajstić information content (AvgIpc) is 2.28. The van der Waals surface area contributed by atoms with Crippen molar-refractivity contribution in [3.8, 4) is 5.75 Å². The third kappa shape index (κ3) is 4.93. The summed E-state index contributed by atoms with van der Waals surface area (Å²) in [6.45, 7) is -0.727. The summed E-state index contributed by atoms with van der Waals surface area (Å²) in [4.78, 5) is 21.3. The molecule has 0 aliphatic carbocycles. The van der Waals surface area contributed by atoms with Crippen molar-refractivity contribution in [1.29, 1.82) is 0 Å². The maximum absolute atomic E-state index is 11.1. The number of hydrogen-bond acceptors (Lipinski definition) is 3. The van der Waals surface area contributed by atoms with Crippen LogP contribution >= 0.6 is 23.2 Å². The van der Waals surface area contributed by atoms with Gasteiger partial charge >= 0.3 is 5.97 Å². The van der Waals surface area contributed by atoms with Gasteiger partial charge in [0.15, 0.2) is 6.61 Å². The number of nitrogens with one attached hydrogen (secondary N) is 1. The molecule has 1 rings (SSSR count). The van der Waals surface area contributed by atoms with Crippen molar-refractivity contribution in [3.63, 3.8) is 0 Å². The van der Waals surface area contributed by atoms with Gasteiger partial charge in [0.1, 0.15) is 12.3 Å². The summed E-state index contributed by atoms with van der Waals surface area (Å²) >= 11 is 11.4. The molecule has 17 heavy (non-hydrogen) atoms. The van der Waals surface area contributed by atoms with E-state index in [1.165, 1.54) is 12.1 Å². The van der Waals surface area contributed by atoms with Crippen molar-refractivity contribution >= 4 is 35.1 Å². The van der Waals surface area contributed by atoms with Crippen molar-refractivity contribution < 1.29 is 19.4 Å². The number of rotatable bonds is 5. The Morgan fingerprint density at radius 2 is 2.00 bits per heavy atom. The minimum Gasteiger partial charge on any atom is -0.484 e. The molecule has 0 unspecified atom stereocenters. The standard InChI is InChI=1S/C10H9Cl2NO4/c11-7-2-1-6(3-8(7)12)17-5-9(14)13-4-10(15)16/h1-3H,4-5H2,(H,13,14)(H,15,16). The lowest BCUT2D eigenvalue weighted by Gasteiger charge is -2.06. The van der Waals surface area contributed by atoms with Crippen molar-refractivity contribution in [2.45, 2.75) is 0 Å². The Labute approximate surface area is 107 Å². The first-order valence-corrected chi connectivity index (χ1v) is 5.31. The fraction of sp³-hybridized carbons (Fsp3) is 0.200. The molecule has 0 saturated carbocycles. The molecule has 0 atom stereocenters. The zero-order valence-electron chi connectivity index (χ0n) is 8.57. The van der Waals surface area contributed by atoms with Gasteiger partial charge in [-0.2, -0.15) is 0 Å². The highest BCUT2D eigenvalue weighted by Crippen LogP contribution is 2.26. The predicted octanol–water partition coefficient (Wildman–Crippen LogP) is 1.57. The van der Waals surface area contributed by atoms with Gasteiger partial charge in [-0.1, -0.05) is 23.2 Å². The van der Waals surface area contributed by atoms with E-state index in [1.54, 1.807) is 6.07 Å². The molecular formula is C10H9Cl2NO4. The third-order valence-electron chi connectivity index (χ3n) is 1.70. The smallest absolute Gasteiger partial charge is 0.322 e.